The number of hydrogen-bond acceptors (Lipinski definition) is 5. The normalized spacial score (nSPS) is 10.3. The number of nitrogens with two attached hydrogens (primary N) is 1. The minimum Gasteiger partial charge on any atom is -0.495 e. The summed E-state index contributed by atoms with van der Waals surface area (Å²) in [5.74, 6) is 0.120. The van der Waals surface area contributed by atoms with E-state index < -0.39 is 5.97 Å². The number of rotatable bonds is 3. The first-order chi connectivity index (χ1) is 9.08. The van der Waals surface area contributed by atoms with Crippen LogP contribution in [0.3, 0.4) is 0 Å². The Morgan fingerprint density at radius 1 is 1.42 bits per heavy atom. The number of carbonyl (C=O) groups excluding carboxylic acids is 1. The van der Waals surface area contributed by atoms with Gasteiger partial charge in [0.25, 0.3) is 0 Å². The Balaban J connectivity index is 2.57. The summed E-state index contributed by atoms with van der Waals surface area (Å²) in [7, 11) is 2.79. The second kappa shape index (κ2) is 5.19. The van der Waals surface area contributed by atoms with Crippen molar-refractivity contribution in [1.29, 1.82) is 0 Å². The van der Waals surface area contributed by atoms with Gasteiger partial charge in [-0.15, -0.1) is 0 Å². The summed E-state index contributed by atoms with van der Waals surface area (Å²) in [5.41, 5.74) is 6.53. The van der Waals surface area contributed by atoms with Crippen molar-refractivity contribution in [2.24, 2.45) is 0 Å². The molecule has 7 heteroatoms. The fourth-order valence-corrected chi connectivity index (χ4v) is 1.82. The molecular formula is C12H12ClN3O3. The second-order valence-corrected chi connectivity index (χ2v) is 4.09. The quantitative estimate of drug-likeness (QED) is 0.869. The highest BCUT2D eigenvalue weighted by molar-refractivity contribution is 6.30. The zero-order chi connectivity index (χ0) is 14.0. The third kappa shape index (κ3) is 2.34. The first kappa shape index (κ1) is 13.2. The van der Waals surface area contributed by atoms with Gasteiger partial charge in [-0.05, 0) is 18.2 Å². The molecule has 2 N–H and O–H groups in total. The predicted octanol–water partition coefficient (Wildman–Crippen LogP) is 1.90. The fraction of sp³-hybridized carbons (Fsp3) is 0.167. The number of benzene rings is 1. The number of nitrogens with zero attached hydrogens (tertiary/aromatic N) is 2. The van der Waals surface area contributed by atoms with Crippen molar-refractivity contribution >= 4 is 23.4 Å². The largest absolute Gasteiger partial charge is 0.495 e. The van der Waals surface area contributed by atoms with Gasteiger partial charge < -0.3 is 15.2 Å². The molecule has 0 spiro atoms. The number of esters is 1. The van der Waals surface area contributed by atoms with E-state index in [0.717, 1.165) is 0 Å². The zero-order valence-electron chi connectivity index (χ0n) is 10.4. The minimum atomic E-state index is -0.600. The lowest BCUT2D eigenvalue weighted by Crippen LogP contribution is -2.08. The lowest BCUT2D eigenvalue weighted by molar-refractivity contribution is 0.0596. The number of anilines is 1. The highest BCUT2D eigenvalue weighted by atomic mass is 35.5. The summed E-state index contributed by atoms with van der Waals surface area (Å²) in [6.07, 6.45) is 1.41. The molecule has 0 radical (unpaired) electrons. The molecule has 0 aliphatic rings. The maximum absolute atomic E-state index is 11.5. The molecule has 2 rings (SSSR count). The first-order valence-electron chi connectivity index (χ1n) is 5.33. The van der Waals surface area contributed by atoms with Gasteiger partial charge in [0.15, 0.2) is 5.69 Å². The lowest BCUT2D eigenvalue weighted by atomic mass is 10.3. The molecule has 0 aliphatic heterocycles. The van der Waals surface area contributed by atoms with Crippen LogP contribution in [0.4, 0.5) is 5.82 Å². The van der Waals surface area contributed by atoms with E-state index in [1.807, 2.05) is 0 Å². The highest BCUT2D eigenvalue weighted by Gasteiger charge is 2.18. The topological polar surface area (TPSA) is 79.4 Å². The van der Waals surface area contributed by atoms with E-state index in [-0.39, 0.29) is 11.5 Å². The molecule has 2 aromatic rings. The fourth-order valence-electron chi connectivity index (χ4n) is 1.66. The third-order valence-corrected chi connectivity index (χ3v) is 2.82. The zero-order valence-corrected chi connectivity index (χ0v) is 11.1. The van der Waals surface area contributed by atoms with Crippen LogP contribution in [0.15, 0.2) is 24.5 Å². The Bertz CT molecular complexity index is 625. The Labute approximate surface area is 114 Å². The van der Waals surface area contributed by atoms with Crippen molar-refractivity contribution in [2.45, 2.75) is 0 Å². The molecule has 0 amide bonds. The molecule has 1 aromatic carbocycles. The van der Waals surface area contributed by atoms with Gasteiger partial charge in [0.2, 0.25) is 0 Å². The van der Waals surface area contributed by atoms with Crippen molar-refractivity contribution in [3.8, 4) is 11.4 Å². The van der Waals surface area contributed by atoms with Gasteiger partial charge in [-0.3, -0.25) is 4.57 Å². The van der Waals surface area contributed by atoms with Crippen LogP contribution < -0.4 is 10.5 Å². The number of carbonyl (C=O) groups is 1. The van der Waals surface area contributed by atoms with Crippen LogP contribution in [0.25, 0.3) is 5.69 Å². The van der Waals surface area contributed by atoms with Crippen LogP contribution >= 0.6 is 11.6 Å². The number of halogens is 1. The molecular weight excluding hydrogens is 270 g/mol. The van der Waals surface area contributed by atoms with Crippen molar-refractivity contribution in [3.05, 3.63) is 35.2 Å². The van der Waals surface area contributed by atoms with Crippen LogP contribution in [0.5, 0.6) is 5.75 Å². The van der Waals surface area contributed by atoms with Crippen LogP contribution in [-0.2, 0) is 4.74 Å². The number of hydrogen-bond donors (Lipinski definition) is 1. The third-order valence-electron chi connectivity index (χ3n) is 2.58. The van der Waals surface area contributed by atoms with Crippen LogP contribution in [0.1, 0.15) is 10.5 Å². The van der Waals surface area contributed by atoms with Crippen LogP contribution in [0.2, 0.25) is 5.02 Å². The monoisotopic (exact) mass is 281 g/mol. The first-order valence-corrected chi connectivity index (χ1v) is 5.71. The summed E-state index contributed by atoms with van der Waals surface area (Å²) in [5, 5.41) is 0.517. The van der Waals surface area contributed by atoms with Gasteiger partial charge in [0.05, 0.1) is 19.9 Å². The Morgan fingerprint density at radius 3 is 2.79 bits per heavy atom. The average Bonchev–Trinajstić information content (AvgIpc) is 2.79. The summed E-state index contributed by atoms with van der Waals surface area (Å²) in [6.45, 7) is 0. The molecule has 1 aromatic heterocycles. The Morgan fingerprint density at radius 2 is 2.16 bits per heavy atom. The molecule has 19 heavy (non-hydrogen) atoms. The standard InChI is InChI=1S/C12H12ClN3O3/c1-18-9-4-3-7(13)5-8(9)16-6-15-10(11(16)14)12(17)19-2/h3-6H,14H2,1-2H3. The van der Waals surface area contributed by atoms with E-state index in [1.165, 1.54) is 25.1 Å². The second-order valence-electron chi connectivity index (χ2n) is 3.66. The molecule has 0 saturated heterocycles. The number of aromatic nitrogens is 2. The van der Waals surface area contributed by atoms with Gasteiger partial charge in [0, 0.05) is 5.02 Å². The molecule has 0 fully saturated rings. The van der Waals surface area contributed by atoms with Crippen molar-refractivity contribution in [3.63, 3.8) is 0 Å². The molecule has 100 valence electrons. The van der Waals surface area contributed by atoms with Crippen LogP contribution in [0, 0.1) is 0 Å². The average molecular weight is 282 g/mol. The molecule has 0 aliphatic carbocycles. The molecule has 0 atom stereocenters. The Hall–Kier alpha value is -2.21. The summed E-state index contributed by atoms with van der Waals surface area (Å²) in [4.78, 5) is 15.4. The van der Waals surface area contributed by atoms with E-state index >= 15 is 0 Å². The highest BCUT2D eigenvalue weighted by Crippen LogP contribution is 2.29. The maximum Gasteiger partial charge on any atom is 0.360 e. The van der Waals surface area contributed by atoms with Gasteiger partial charge >= 0.3 is 5.97 Å². The van der Waals surface area contributed by atoms with E-state index in [4.69, 9.17) is 22.1 Å². The minimum absolute atomic E-state index is 0.0459. The van der Waals surface area contributed by atoms with E-state index in [0.29, 0.717) is 16.5 Å². The van der Waals surface area contributed by atoms with E-state index in [2.05, 4.69) is 9.72 Å². The molecule has 0 bridgehead atoms. The smallest absolute Gasteiger partial charge is 0.360 e. The molecule has 6 nitrogen and oxygen atoms in total. The predicted molar refractivity (Wildman–Crippen MR) is 70.9 cm³/mol. The van der Waals surface area contributed by atoms with Gasteiger partial charge in [-0.1, -0.05) is 11.6 Å². The molecule has 0 unspecified atom stereocenters. The van der Waals surface area contributed by atoms with E-state index in [1.54, 1.807) is 18.2 Å². The van der Waals surface area contributed by atoms with Crippen molar-refractivity contribution < 1.29 is 14.3 Å². The van der Waals surface area contributed by atoms with Gasteiger partial charge in [-0.25, -0.2) is 9.78 Å². The molecule has 0 saturated carbocycles. The summed E-state index contributed by atoms with van der Waals surface area (Å²) in [6, 6.07) is 5.06. The maximum atomic E-state index is 11.5. The number of nitrogen functional groups attached to an aromatic ring is 1. The van der Waals surface area contributed by atoms with Gasteiger partial charge in [0.1, 0.15) is 17.9 Å². The lowest BCUT2D eigenvalue weighted by Gasteiger charge is -2.11. The molecule has 1 heterocycles. The summed E-state index contributed by atoms with van der Waals surface area (Å²) < 4.78 is 11.3. The number of ether oxygens (including phenoxy) is 2. The SMILES string of the molecule is COC(=O)c1ncn(-c2cc(Cl)ccc2OC)c1N. The van der Waals surface area contributed by atoms with Crippen LogP contribution in [-0.4, -0.2) is 29.7 Å². The van der Waals surface area contributed by atoms with Crippen molar-refractivity contribution in [2.75, 3.05) is 20.0 Å². The van der Waals surface area contributed by atoms with E-state index in [9.17, 15) is 4.79 Å². The number of methoxy groups -OCH3 is 2. The summed E-state index contributed by atoms with van der Waals surface area (Å²) >= 11 is 5.95. The van der Waals surface area contributed by atoms with Gasteiger partial charge in [-0.2, -0.15) is 0 Å². The Kier molecular flexibility index (Phi) is 3.62. The number of imidazole rings is 1. The van der Waals surface area contributed by atoms with Crippen molar-refractivity contribution in [1.82, 2.24) is 9.55 Å².